The van der Waals surface area contributed by atoms with Crippen molar-refractivity contribution in [1.29, 1.82) is 0 Å². The third-order valence-corrected chi connectivity index (χ3v) is 2.63. The average Bonchev–Trinajstić information content (AvgIpc) is 2.76. The normalized spacial score (nSPS) is 12.7. The van der Waals surface area contributed by atoms with Crippen molar-refractivity contribution >= 4 is 0 Å². The summed E-state index contributed by atoms with van der Waals surface area (Å²) in [6, 6.07) is 3.98. The van der Waals surface area contributed by atoms with E-state index in [9.17, 15) is 4.39 Å². The molecule has 0 bridgehead atoms. The molecule has 1 unspecified atom stereocenters. The van der Waals surface area contributed by atoms with Crippen LogP contribution >= 0.6 is 0 Å². The van der Waals surface area contributed by atoms with E-state index in [0.717, 1.165) is 11.1 Å². The quantitative estimate of drug-likeness (QED) is 0.885. The smallest absolute Gasteiger partial charge is 0.226 e. The van der Waals surface area contributed by atoms with Crippen molar-refractivity contribution < 1.29 is 8.91 Å². The summed E-state index contributed by atoms with van der Waals surface area (Å²) >= 11 is 0. The van der Waals surface area contributed by atoms with Gasteiger partial charge in [-0.05, 0) is 30.2 Å². The lowest BCUT2D eigenvalue weighted by Crippen LogP contribution is -2.15. The van der Waals surface area contributed by atoms with Gasteiger partial charge in [-0.25, -0.2) is 4.39 Å². The molecule has 2 rings (SSSR count). The van der Waals surface area contributed by atoms with Crippen LogP contribution in [-0.2, 0) is 6.42 Å². The van der Waals surface area contributed by atoms with E-state index in [2.05, 4.69) is 10.1 Å². The van der Waals surface area contributed by atoms with Gasteiger partial charge < -0.3 is 10.3 Å². The summed E-state index contributed by atoms with van der Waals surface area (Å²) in [5, 5.41) is 3.82. The lowest BCUT2D eigenvalue weighted by molar-refractivity contribution is 0.375. The number of aromatic nitrogens is 2. The molecule has 90 valence electrons. The van der Waals surface area contributed by atoms with E-state index in [4.69, 9.17) is 10.3 Å². The highest BCUT2D eigenvalue weighted by molar-refractivity contribution is 5.32. The van der Waals surface area contributed by atoms with Crippen LogP contribution in [0.5, 0.6) is 0 Å². The Balaban J connectivity index is 2.33. The van der Waals surface area contributed by atoms with Gasteiger partial charge in [0.15, 0.2) is 5.82 Å². The Labute approximate surface area is 98.6 Å². The van der Waals surface area contributed by atoms with Crippen LogP contribution < -0.4 is 5.73 Å². The molecule has 0 spiro atoms. The minimum absolute atomic E-state index is 0.277. The van der Waals surface area contributed by atoms with Crippen molar-refractivity contribution in [2.24, 2.45) is 5.73 Å². The molecule has 0 fully saturated rings. The molecule has 4 nitrogen and oxygen atoms in total. The monoisotopic (exact) mass is 235 g/mol. The van der Waals surface area contributed by atoms with Gasteiger partial charge in [0.25, 0.3) is 0 Å². The van der Waals surface area contributed by atoms with Gasteiger partial charge in [-0.2, -0.15) is 4.98 Å². The maximum absolute atomic E-state index is 13.0. The van der Waals surface area contributed by atoms with Crippen LogP contribution in [-0.4, -0.2) is 10.1 Å². The van der Waals surface area contributed by atoms with Gasteiger partial charge in [-0.15, -0.1) is 0 Å². The maximum atomic E-state index is 13.0. The van der Waals surface area contributed by atoms with E-state index in [1.54, 1.807) is 13.0 Å². The molecule has 2 N–H and O–H groups in total. The van der Waals surface area contributed by atoms with E-state index in [-0.39, 0.29) is 5.82 Å². The van der Waals surface area contributed by atoms with E-state index in [1.807, 2.05) is 6.92 Å². The molecule has 2 aromatic rings. The van der Waals surface area contributed by atoms with Crippen LogP contribution in [0.3, 0.4) is 0 Å². The Morgan fingerprint density at radius 3 is 2.82 bits per heavy atom. The van der Waals surface area contributed by atoms with Gasteiger partial charge in [0.1, 0.15) is 5.82 Å². The van der Waals surface area contributed by atoms with E-state index >= 15 is 0 Å². The summed E-state index contributed by atoms with van der Waals surface area (Å²) in [5.74, 6) is 0.701. The molecular weight excluding hydrogens is 221 g/mol. The van der Waals surface area contributed by atoms with Crippen LogP contribution in [0.1, 0.15) is 35.8 Å². The molecule has 0 aliphatic carbocycles. The SMILES string of the molecule is CCc1nc(C(N)c2ccc(F)cc2C)no1. The predicted octanol–water partition coefficient (Wildman–Crippen LogP) is 2.13. The lowest BCUT2D eigenvalue weighted by atomic mass is 10.0. The second-order valence-corrected chi connectivity index (χ2v) is 3.88. The highest BCUT2D eigenvalue weighted by Crippen LogP contribution is 2.21. The van der Waals surface area contributed by atoms with Gasteiger partial charge >= 0.3 is 0 Å². The minimum Gasteiger partial charge on any atom is -0.339 e. The van der Waals surface area contributed by atoms with E-state index < -0.39 is 6.04 Å². The standard InChI is InChI=1S/C12H14FN3O/c1-3-10-15-12(16-17-10)11(14)9-5-4-8(13)6-7(9)2/h4-6,11H,3,14H2,1-2H3. The molecule has 1 heterocycles. The fourth-order valence-electron chi connectivity index (χ4n) is 1.67. The first-order valence-corrected chi connectivity index (χ1v) is 5.46. The van der Waals surface area contributed by atoms with Gasteiger partial charge in [0.05, 0.1) is 6.04 Å². The number of aryl methyl sites for hydroxylation is 2. The molecule has 0 aliphatic heterocycles. The van der Waals surface area contributed by atoms with E-state index in [1.165, 1.54) is 12.1 Å². The number of halogens is 1. The first-order valence-electron chi connectivity index (χ1n) is 5.46. The van der Waals surface area contributed by atoms with Gasteiger partial charge in [0, 0.05) is 6.42 Å². The van der Waals surface area contributed by atoms with Crippen molar-refractivity contribution in [2.45, 2.75) is 26.3 Å². The van der Waals surface area contributed by atoms with Gasteiger partial charge in [-0.3, -0.25) is 0 Å². The molecular formula is C12H14FN3O. The minimum atomic E-state index is -0.486. The number of hydrogen-bond donors (Lipinski definition) is 1. The zero-order valence-electron chi connectivity index (χ0n) is 9.77. The number of benzene rings is 1. The molecule has 0 saturated carbocycles. The number of nitrogens with two attached hydrogens (primary N) is 1. The summed E-state index contributed by atoms with van der Waals surface area (Å²) < 4.78 is 18.0. The van der Waals surface area contributed by atoms with Crippen molar-refractivity contribution in [3.8, 4) is 0 Å². The topological polar surface area (TPSA) is 64.9 Å². The molecule has 0 radical (unpaired) electrons. The van der Waals surface area contributed by atoms with Crippen LogP contribution in [0.4, 0.5) is 4.39 Å². The first-order chi connectivity index (χ1) is 8.11. The number of nitrogens with zero attached hydrogens (tertiary/aromatic N) is 2. The summed E-state index contributed by atoms with van der Waals surface area (Å²) in [5.41, 5.74) is 7.61. The highest BCUT2D eigenvalue weighted by atomic mass is 19.1. The van der Waals surface area contributed by atoms with Crippen LogP contribution in [0.2, 0.25) is 0 Å². The number of rotatable bonds is 3. The second-order valence-electron chi connectivity index (χ2n) is 3.88. The van der Waals surface area contributed by atoms with Gasteiger partial charge in [-0.1, -0.05) is 18.1 Å². The molecule has 17 heavy (non-hydrogen) atoms. The Morgan fingerprint density at radius 1 is 1.47 bits per heavy atom. The summed E-state index contributed by atoms with van der Waals surface area (Å²) in [4.78, 5) is 4.17. The lowest BCUT2D eigenvalue weighted by Gasteiger charge is -2.10. The highest BCUT2D eigenvalue weighted by Gasteiger charge is 2.17. The molecule has 1 aromatic heterocycles. The third-order valence-electron chi connectivity index (χ3n) is 2.63. The molecule has 0 aliphatic rings. The maximum Gasteiger partial charge on any atom is 0.226 e. The zero-order chi connectivity index (χ0) is 12.4. The van der Waals surface area contributed by atoms with Crippen LogP contribution in [0.15, 0.2) is 22.7 Å². The van der Waals surface area contributed by atoms with Crippen molar-refractivity contribution in [3.63, 3.8) is 0 Å². The Hall–Kier alpha value is -1.75. The van der Waals surface area contributed by atoms with E-state index in [0.29, 0.717) is 18.1 Å². The molecule has 1 atom stereocenters. The summed E-state index contributed by atoms with van der Waals surface area (Å²) in [6.45, 7) is 3.73. The average molecular weight is 235 g/mol. The fraction of sp³-hybridized carbons (Fsp3) is 0.333. The second kappa shape index (κ2) is 4.63. The van der Waals surface area contributed by atoms with Crippen molar-refractivity contribution in [2.75, 3.05) is 0 Å². The zero-order valence-corrected chi connectivity index (χ0v) is 9.77. The molecule has 0 amide bonds. The fourth-order valence-corrected chi connectivity index (χ4v) is 1.67. The predicted molar refractivity (Wildman–Crippen MR) is 60.8 cm³/mol. The molecule has 5 heteroatoms. The van der Waals surface area contributed by atoms with Crippen LogP contribution in [0, 0.1) is 12.7 Å². The van der Waals surface area contributed by atoms with Crippen molar-refractivity contribution in [3.05, 3.63) is 46.9 Å². The van der Waals surface area contributed by atoms with Gasteiger partial charge in [0.2, 0.25) is 5.89 Å². The van der Waals surface area contributed by atoms with Crippen LogP contribution in [0.25, 0.3) is 0 Å². The molecule has 1 aromatic carbocycles. The summed E-state index contributed by atoms with van der Waals surface area (Å²) in [7, 11) is 0. The first kappa shape index (κ1) is 11.7. The molecule has 0 saturated heterocycles. The number of hydrogen-bond acceptors (Lipinski definition) is 4. The Kier molecular flexibility index (Phi) is 3.19. The Bertz CT molecular complexity index is 524. The summed E-state index contributed by atoms with van der Waals surface area (Å²) in [6.07, 6.45) is 0.669. The third kappa shape index (κ3) is 2.34. The van der Waals surface area contributed by atoms with Crippen molar-refractivity contribution in [1.82, 2.24) is 10.1 Å². The Morgan fingerprint density at radius 2 is 2.24 bits per heavy atom. The largest absolute Gasteiger partial charge is 0.339 e.